The molecule has 1 atom stereocenters. The molecule has 1 rings (SSSR count). The highest BCUT2D eigenvalue weighted by molar-refractivity contribution is 9.08. The van der Waals surface area contributed by atoms with Crippen LogP contribution in [0.5, 0.6) is 0 Å². The van der Waals surface area contributed by atoms with E-state index in [9.17, 15) is 8.42 Å². The van der Waals surface area contributed by atoms with Gasteiger partial charge >= 0.3 is 0 Å². The number of hydrogen-bond donors (Lipinski definition) is 2. The van der Waals surface area contributed by atoms with Gasteiger partial charge in [-0.25, -0.2) is 13.1 Å². The molecule has 0 spiro atoms. The van der Waals surface area contributed by atoms with Crippen LogP contribution in [0.25, 0.3) is 0 Å². The molecule has 17 heavy (non-hydrogen) atoms. The van der Waals surface area contributed by atoms with Gasteiger partial charge in [0.05, 0.1) is 11.5 Å². The molecule has 0 bridgehead atoms. The van der Waals surface area contributed by atoms with Crippen molar-refractivity contribution in [2.45, 2.75) is 29.6 Å². The number of hydrogen-bond acceptors (Lipinski definition) is 3. The Morgan fingerprint density at radius 3 is 2.35 bits per heavy atom. The highest BCUT2D eigenvalue weighted by Crippen LogP contribution is 2.13. The number of aliphatic hydroxyl groups is 1. The summed E-state index contributed by atoms with van der Waals surface area (Å²) < 4.78 is 26.3. The Hall–Kier alpha value is -0.430. The molecular formula is C11H16BrNO3S. The summed E-state index contributed by atoms with van der Waals surface area (Å²) in [6.45, 7) is 1.62. The van der Waals surface area contributed by atoms with Crippen molar-refractivity contribution in [3.63, 3.8) is 0 Å². The zero-order valence-corrected chi connectivity index (χ0v) is 12.0. The SMILES string of the molecule is CC[C@@H](CO)NS(=O)(=O)c1ccc(CBr)cc1. The van der Waals surface area contributed by atoms with E-state index in [1.54, 1.807) is 24.3 Å². The summed E-state index contributed by atoms with van der Waals surface area (Å²) in [7, 11) is -3.53. The van der Waals surface area contributed by atoms with Crippen LogP contribution in [0.15, 0.2) is 29.2 Å². The van der Waals surface area contributed by atoms with E-state index in [2.05, 4.69) is 20.7 Å². The van der Waals surface area contributed by atoms with Crippen LogP contribution in [0.3, 0.4) is 0 Å². The molecule has 0 radical (unpaired) electrons. The molecule has 0 unspecified atom stereocenters. The average molecular weight is 322 g/mol. The van der Waals surface area contributed by atoms with Gasteiger partial charge in [-0.05, 0) is 24.1 Å². The van der Waals surface area contributed by atoms with Crippen molar-refractivity contribution < 1.29 is 13.5 Å². The minimum Gasteiger partial charge on any atom is -0.395 e. The maximum Gasteiger partial charge on any atom is 0.240 e. The van der Waals surface area contributed by atoms with Crippen LogP contribution in [0.4, 0.5) is 0 Å². The van der Waals surface area contributed by atoms with Gasteiger partial charge in [-0.15, -0.1) is 0 Å². The van der Waals surface area contributed by atoms with Crippen molar-refractivity contribution in [2.75, 3.05) is 6.61 Å². The van der Waals surface area contributed by atoms with Crippen molar-refractivity contribution in [1.82, 2.24) is 4.72 Å². The first-order valence-corrected chi connectivity index (χ1v) is 7.92. The largest absolute Gasteiger partial charge is 0.395 e. The van der Waals surface area contributed by atoms with Gasteiger partial charge in [-0.3, -0.25) is 0 Å². The third kappa shape index (κ3) is 4.06. The van der Waals surface area contributed by atoms with Crippen LogP contribution in [0.1, 0.15) is 18.9 Å². The minimum absolute atomic E-state index is 0.199. The first kappa shape index (κ1) is 14.6. The lowest BCUT2D eigenvalue weighted by Gasteiger charge is -2.14. The fourth-order valence-electron chi connectivity index (χ4n) is 1.29. The van der Waals surface area contributed by atoms with Gasteiger partial charge < -0.3 is 5.11 Å². The van der Waals surface area contributed by atoms with Crippen molar-refractivity contribution in [1.29, 1.82) is 0 Å². The molecule has 0 aromatic heterocycles. The van der Waals surface area contributed by atoms with Crippen molar-refractivity contribution >= 4 is 26.0 Å². The summed E-state index contributed by atoms with van der Waals surface area (Å²) >= 11 is 3.30. The maximum atomic E-state index is 11.9. The topological polar surface area (TPSA) is 66.4 Å². The van der Waals surface area contributed by atoms with Crippen LogP contribution in [0.2, 0.25) is 0 Å². The molecule has 0 amide bonds. The van der Waals surface area contributed by atoms with Gasteiger partial charge in [0, 0.05) is 11.4 Å². The van der Waals surface area contributed by atoms with E-state index in [0.717, 1.165) is 5.56 Å². The molecule has 0 aliphatic heterocycles. The summed E-state index contributed by atoms with van der Waals surface area (Å²) in [5, 5.41) is 9.67. The maximum absolute atomic E-state index is 11.9. The van der Waals surface area contributed by atoms with Gasteiger partial charge in [-0.1, -0.05) is 35.0 Å². The molecule has 0 saturated heterocycles. The smallest absolute Gasteiger partial charge is 0.240 e. The van der Waals surface area contributed by atoms with E-state index >= 15 is 0 Å². The molecule has 0 aliphatic carbocycles. The monoisotopic (exact) mass is 321 g/mol. The molecule has 0 aliphatic rings. The lowest BCUT2D eigenvalue weighted by molar-refractivity contribution is 0.254. The standard InChI is InChI=1S/C11H16BrNO3S/c1-2-10(8-14)13-17(15,16)11-5-3-9(7-12)4-6-11/h3-6,10,13-14H,2,7-8H2,1H3/t10-/m0/s1. The Morgan fingerprint density at radius 2 is 1.94 bits per heavy atom. The van der Waals surface area contributed by atoms with Crippen molar-refractivity contribution in [3.8, 4) is 0 Å². The lowest BCUT2D eigenvalue weighted by atomic mass is 10.2. The van der Waals surface area contributed by atoms with Crippen LogP contribution in [-0.2, 0) is 15.4 Å². The molecule has 2 N–H and O–H groups in total. The third-order valence-electron chi connectivity index (χ3n) is 2.42. The minimum atomic E-state index is -3.53. The number of halogens is 1. The first-order valence-electron chi connectivity index (χ1n) is 5.31. The van der Waals surface area contributed by atoms with Crippen molar-refractivity contribution in [3.05, 3.63) is 29.8 Å². The van der Waals surface area contributed by atoms with E-state index in [1.807, 2.05) is 6.92 Å². The second-order valence-corrected chi connectivity index (χ2v) is 5.96. The Balaban J connectivity index is 2.89. The molecule has 0 saturated carbocycles. The van der Waals surface area contributed by atoms with Gasteiger partial charge in [0.25, 0.3) is 0 Å². The van der Waals surface area contributed by atoms with E-state index in [0.29, 0.717) is 11.8 Å². The molecule has 4 nitrogen and oxygen atoms in total. The highest BCUT2D eigenvalue weighted by Gasteiger charge is 2.18. The number of nitrogens with one attached hydrogen (secondary N) is 1. The molecule has 0 fully saturated rings. The zero-order chi connectivity index (χ0) is 12.9. The number of sulfonamides is 1. The summed E-state index contributed by atoms with van der Waals surface area (Å²) in [6, 6.07) is 6.19. The zero-order valence-electron chi connectivity index (χ0n) is 9.56. The van der Waals surface area contributed by atoms with Gasteiger partial charge in [0.2, 0.25) is 10.0 Å². The Labute approximate surface area is 110 Å². The van der Waals surface area contributed by atoms with Gasteiger partial charge in [0.15, 0.2) is 0 Å². The van der Waals surface area contributed by atoms with Gasteiger partial charge in [0.1, 0.15) is 0 Å². The van der Waals surface area contributed by atoms with E-state index in [-0.39, 0.29) is 11.5 Å². The molecular weight excluding hydrogens is 306 g/mol. The van der Waals surface area contributed by atoms with Crippen LogP contribution in [0, 0.1) is 0 Å². The lowest BCUT2D eigenvalue weighted by Crippen LogP contribution is -2.36. The first-order chi connectivity index (χ1) is 8.03. The van der Waals surface area contributed by atoms with Crippen LogP contribution >= 0.6 is 15.9 Å². The molecule has 6 heteroatoms. The fraction of sp³-hybridized carbons (Fsp3) is 0.455. The second-order valence-electron chi connectivity index (χ2n) is 3.69. The molecule has 0 heterocycles. The Kier molecular flexibility index (Phi) is 5.58. The van der Waals surface area contributed by atoms with E-state index in [4.69, 9.17) is 5.11 Å². The van der Waals surface area contributed by atoms with Crippen LogP contribution < -0.4 is 4.72 Å². The predicted octanol–water partition coefficient (Wildman–Crippen LogP) is 1.63. The third-order valence-corrected chi connectivity index (χ3v) is 4.61. The Bertz CT molecular complexity index is 440. The van der Waals surface area contributed by atoms with E-state index in [1.165, 1.54) is 0 Å². The predicted molar refractivity (Wildman–Crippen MR) is 70.6 cm³/mol. The van der Waals surface area contributed by atoms with Crippen molar-refractivity contribution in [2.24, 2.45) is 0 Å². The summed E-state index contributed by atoms with van der Waals surface area (Å²) in [5.41, 5.74) is 1.01. The van der Waals surface area contributed by atoms with Crippen LogP contribution in [-0.4, -0.2) is 26.2 Å². The summed E-state index contributed by atoms with van der Waals surface area (Å²) in [6.07, 6.45) is 0.551. The molecule has 1 aromatic rings. The summed E-state index contributed by atoms with van der Waals surface area (Å²) in [5.74, 6) is 0. The number of rotatable bonds is 6. The normalized spacial score (nSPS) is 13.6. The number of aliphatic hydroxyl groups excluding tert-OH is 1. The number of benzene rings is 1. The Morgan fingerprint density at radius 1 is 1.35 bits per heavy atom. The fourth-order valence-corrected chi connectivity index (χ4v) is 2.98. The second kappa shape index (κ2) is 6.49. The average Bonchev–Trinajstić information content (AvgIpc) is 2.36. The highest BCUT2D eigenvalue weighted by atomic mass is 79.9. The summed E-state index contributed by atoms with van der Waals surface area (Å²) in [4.78, 5) is 0.217. The quantitative estimate of drug-likeness (QED) is 0.783. The number of alkyl halides is 1. The van der Waals surface area contributed by atoms with Gasteiger partial charge in [-0.2, -0.15) is 0 Å². The molecule has 96 valence electrons. The van der Waals surface area contributed by atoms with E-state index < -0.39 is 16.1 Å². The molecule has 1 aromatic carbocycles.